The first kappa shape index (κ1) is 16.4. The summed E-state index contributed by atoms with van der Waals surface area (Å²) in [7, 11) is 6.06. The second-order valence-electron chi connectivity index (χ2n) is 6.30. The van der Waals surface area contributed by atoms with Crippen LogP contribution in [0.2, 0.25) is 0 Å². The Hall–Kier alpha value is -2.48. The summed E-state index contributed by atoms with van der Waals surface area (Å²) in [6.07, 6.45) is 2.97. The molecule has 2 aromatic rings. The second-order valence-corrected chi connectivity index (χ2v) is 6.30. The average Bonchev–Trinajstić information content (AvgIpc) is 2.57. The van der Waals surface area contributed by atoms with E-state index in [9.17, 15) is 0 Å². The maximum Gasteiger partial charge on any atom is 0.113 e. The van der Waals surface area contributed by atoms with Crippen LogP contribution >= 0.6 is 0 Å². The zero-order valence-electron chi connectivity index (χ0n) is 14.2. The third kappa shape index (κ3) is 3.23. The van der Waals surface area contributed by atoms with Crippen molar-refractivity contribution in [1.29, 1.82) is 0 Å². The highest BCUT2D eigenvalue weighted by atomic mass is 14.9. The molecule has 1 aliphatic heterocycles. The summed E-state index contributed by atoms with van der Waals surface area (Å²) in [5.74, 6) is 0. The molecule has 0 spiro atoms. The van der Waals surface area contributed by atoms with E-state index in [4.69, 9.17) is 7.85 Å². The summed E-state index contributed by atoms with van der Waals surface area (Å²) in [4.78, 5) is 0. The highest BCUT2D eigenvalue weighted by molar-refractivity contribution is 6.32. The van der Waals surface area contributed by atoms with E-state index in [-0.39, 0.29) is 0 Å². The van der Waals surface area contributed by atoms with E-state index < -0.39 is 0 Å². The van der Waals surface area contributed by atoms with Gasteiger partial charge in [0.05, 0.1) is 0 Å². The van der Waals surface area contributed by atoms with E-state index in [0.29, 0.717) is 0 Å². The van der Waals surface area contributed by atoms with Crippen LogP contribution in [0.1, 0.15) is 37.3 Å². The van der Waals surface area contributed by atoms with Crippen LogP contribution in [0, 0.1) is 0 Å². The number of benzene rings is 2. The number of nitrogens with one attached hydrogen (secondary N) is 1. The lowest BCUT2D eigenvalue weighted by Crippen LogP contribution is -2.16. The van der Waals surface area contributed by atoms with Gasteiger partial charge in [-0.3, -0.25) is 0 Å². The van der Waals surface area contributed by atoms with E-state index in [1.54, 1.807) is 0 Å². The van der Waals surface area contributed by atoms with E-state index in [1.807, 2.05) is 24.3 Å². The molecule has 0 atom stereocenters. The van der Waals surface area contributed by atoms with E-state index >= 15 is 0 Å². The molecule has 118 valence electrons. The molecule has 24 heavy (non-hydrogen) atoms. The van der Waals surface area contributed by atoms with Crippen molar-refractivity contribution < 1.29 is 0 Å². The molecule has 0 saturated heterocycles. The molecule has 2 radical (unpaired) electrons. The van der Waals surface area contributed by atoms with Gasteiger partial charge in [-0.15, -0.1) is 0 Å². The fraction of sp³-hybridized carbons (Fsp3) is 0.182. The van der Waals surface area contributed by atoms with Crippen molar-refractivity contribution in [2.24, 2.45) is 0 Å². The predicted octanol–water partition coefficient (Wildman–Crippen LogP) is 4.97. The van der Waals surface area contributed by atoms with Crippen LogP contribution in [0.3, 0.4) is 0 Å². The Labute approximate surface area is 146 Å². The Morgan fingerprint density at radius 2 is 1.88 bits per heavy atom. The van der Waals surface area contributed by atoms with Crippen LogP contribution in [-0.4, -0.2) is 7.85 Å². The molecule has 2 aromatic carbocycles. The standard InChI is InChI=1S/C22H22BN/c1-4-8-15(2)13-19-16(3)24-21-12-11-18(23)14-20(21)22(19)17-9-6-5-7-10-17/h5-7,9-12,14,24H,2-4,8,13H2,1H3. The van der Waals surface area contributed by atoms with Gasteiger partial charge < -0.3 is 5.32 Å². The maximum absolute atomic E-state index is 6.06. The maximum atomic E-state index is 6.06. The molecule has 3 rings (SSSR count). The van der Waals surface area contributed by atoms with Crippen LogP contribution in [0.4, 0.5) is 5.69 Å². The minimum absolute atomic E-state index is 0.767. The van der Waals surface area contributed by atoms with Gasteiger partial charge >= 0.3 is 0 Å². The van der Waals surface area contributed by atoms with Crippen molar-refractivity contribution in [3.8, 4) is 0 Å². The summed E-state index contributed by atoms with van der Waals surface area (Å²) in [5.41, 5.74) is 8.73. The van der Waals surface area contributed by atoms with Crippen LogP contribution in [0.25, 0.3) is 5.57 Å². The molecular formula is C22H22BN. The van der Waals surface area contributed by atoms with E-state index in [0.717, 1.165) is 41.7 Å². The average molecular weight is 311 g/mol. The van der Waals surface area contributed by atoms with E-state index in [2.05, 4.69) is 49.7 Å². The lowest BCUT2D eigenvalue weighted by Gasteiger charge is -2.28. The normalized spacial score (nSPS) is 13.5. The first-order valence-electron chi connectivity index (χ1n) is 8.41. The van der Waals surface area contributed by atoms with Crippen molar-refractivity contribution in [2.75, 3.05) is 5.32 Å². The second kappa shape index (κ2) is 6.96. The van der Waals surface area contributed by atoms with E-state index in [1.165, 1.54) is 22.3 Å². The molecule has 0 aromatic heterocycles. The molecular weight excluding hydrogens is 289 g/mol. The molecule has 0 fully saturated rings. The Balaban J connectivity index is 2.20. The monoisotopic (exact) mass is 311 g/mol. The van der Waals surface area contributed by atoms with Crippen molar-refractivity contribution >= 4 is 24.6 Å². The van der Waals surface area contributed by atoms with Gasteiger partial charge in [-0.05, 0) is 35.6 Å². The quantitative estimate of drug-likeness (QED) is 0.607. The molecule has 1 N–H and O–H groups in total. The summed E-state index contributed by atoms with van der Waals surface area (Å²) >= 11 is 0. The lowest BCUT2D eigenvalue weighted by molar-refractivity contribution is 0.873. The highest BCUT2D eigenvalue weighted by Gasteiger charge is 2.22. The molecule has 2 heteroatoms. The lowest BCUT2D eigenvalue weighted by atomic mass is 9.82. The summed E-state index contributed by atoms with van der Waals surface area (Å²) in [5, 5.41) is 3.44. The minimum atomic E-state index is 0.767. The molecule has 1 heterocycles. The fourth-order valence-electron chi connectivity index (χ4n) is 3.25. The zero-order chi connectivity index (χ0) is 17.1. The third-order valence-electron chi connectivity index (χ3n) is 4.36. The highest BCUT2D eigenvalue weighted by Crippen LogP contribution is 2.41. The van der Waals surface area contributed by atoms with Crippen molar-refractivity contribution in [3.05, 3.63) is 89.7 Å². The van der Waals surface area contributed by atoms with Gasteiger partial charge in [-0.25, -0.2) is 0 Å². The molecule has 1 nitrogen and oxygen atoms in total. The predicted molar refractivity (Wildman–Crippen MR) is 106 cm³/mol. The van der Waals surface area contributed by atoms with Crippen LogP contribution < -0.4 is 10.8 Å². The summed E-state index contributed by atoms with van der Waals surface area (Å²) in [6, 6.07) is 16.4. The van der Waals surface area contributed by atoms with Gasteiger partial charge in [0, 0.05) is 16.9 Å². The number of fused-ring (bicyclic) bond motifs is 1. The number of allylic oxidation sites excluding steroid dienone is 2. The summed E-state index contributed by atoms with van der Waals surface area (Å²) < 4.78 is 0. The largest absolute Gasteiger partial charge is 0.355 e. The smallest absolute Gasteiger partial charge is 0.113 e. The van der Waals surface area contributed by atoms with Crippen LogP contribution in [-0.2, 0) is 0 Å². The number of hydrogen-bond donors (Lipinski definition) is 1. The van der Waals surface area contributed by atoms with Gasteiger partial charge in [0.15, 0.2) is 0 Å². The number of rotatable bonds is 5. The van der Waals surface area contributed by atoms with Crippen LogP contribution in [0.15, 0.2) is 78.5 Å². The Morgan fingerprint density at radius 3 is 2.58 bits per heavy atom. The Morgan fingerprint density at radius 1 is 1.12 bits per heavy atom. The molecule has 0 bridgehead atoms. The molecule has 0 aliphatic carbocycles. The van der Waals surface area contributed by atoms with Crippen LogP contribution in [0.5, 0.6) is 0 Å². The zero-order valence-corrected chi connectivity index (χ0v) is 14.2. The molecule has 0 unspecified atom stereocenters. The van der Waals surface area contributed by atoms with Gasteiger partial charge in [-0.2, -0.15) is 0 Å². The fourth-order valence-corrected chi connectivity index (χ4v) is 3.25. The first-order valence-corrected chi connectivity index (χ1v) is 8.41. The molecule has 0 saturated carbocycles. The molecule has 1 aliphatic rings. The first-order chi connectivity index (χ1) is 11.6. The summed E-state index contributed by atoms with van der Waals surface area (Å²) in [6.45, 7) is 10.7. The third-order valence-corrected chi connectivity index (χ3v) is 4.36. The minimum Gasteiger partial charge on any atom is -0.355 e. The Bertz CT molecular complexity index is 815. The molecule has 0 amide bonds. The van der Waals surface area contributed by atoms with Gasteiger partial charge in [-0.1, -0.05) is 80.0 Å². The number of hydrogen-bond acceptors (Lipinski definition) is 1. The van der Waals surface area contributed by atoms with Gasteiger partial charge in [0.2, 0.25) is 0 Å². The van der Waals surface area contributed by atoms with Gasteiger partial charge in [0.1, 0.15) is 7.85 Å². The topological polar surface area (TPSA) is 12.0 Å². The van der Waals surface area contributed by atoms with Crippen molar-refractivity contribution in [3.63, 3.8) is 0 Å². The van der Waals surface area contributed by atoms with Crippen molar-refractivity contribution in [1.82, 2.24) is 0 Å². The number of anilines is 1. The SMILES string of the molecule is [B]c1ccc2c(c1)C(c1ccccc1)=C(CC(=C)CCC)C(=C)N2. The van der Waals surface area contributed by atoms with Crippen molar-refractivity contribution in [2.45, 2.75) is 26.2 Å². The van der Waals surface area contributed by atoms with Gasteiger partial charge in [0.25, 0.3) is 0 Å². The Kier molecular flexibility index (Phi) is 4.75.